The Hall–Kier alpha value is -1.71. The highest BCUT2D eigenvalue weighted by Crippen LogP contribution is 2.27. The molecule has 0 radical (unpaired) electrons. The minimum Gasteiger partial charge on any atom is -0.506 e. The van der Waals surface area contributed by atoms with E-state index in [-0.39, 0.29) is 11.9 Å². The first-order valence-corrected chi connectivity index (χ1v) is 7.82. The average molecular weight is 293 g/mol. The third kappa shape index (κ3) is 6.52. The second kappa shape index (κ2) is 9.27. The normalized spacial score (nSPS) is 20.9. The van der Waals surface area contributed by atoms with Gasteiger partial charge in [0.25, 0.3) is 0 Å². The van der Waals surface area contributed by atoms with Crippen LogP contribution in [0.5, 0.6) is 5.75 Å². The van der Waals surface area contributed by atoms with Crippen LogP contribution in [0.3, 0.4) is 0 Å². The van der Waals surface area contributed by atoms with Crippen LogP contribution in [-0.2, 0) is 4.74 Å². The summed E-state index contributed by atoms with van der Waals surface area (Å²) in [5.74, 6) is 0.660. The largest absolute Gasteiger partial charge is 0.506 e. The first kappa shape index (κ1) is 17.3. The van der Waals surface area contributed by atoms with E-state index < -0.39 is 6.09 Å². The van der Waals surface area contributed by atoms with E-state index in [1.165, 1.54) is 18.9 Å². The summed E-state index contributed by atoms with van der Waals surface area (Å²) in [6.07, 6.45) is 4.93. The molecule has 0 bridgehead atoms. The van der Waals surface area contributed by atoms with E-state index in [1.807, 2.05) is 0 Å². The molecule has 4 nitrogen and oxygen atoms in total. The summed E-state index contributed by atoms with van der Waals surface area (Å²) >= 11 is 0. The molecule has 0 saturated heterocycles. The summed E-state index contributed by atoms with van der Waals surface area (Å²) in [6.45, 7) is 6.43. The van der Waals surface area contributed by atoms with E-state index in [2.05, 4.69) is 26.1 Å². The lowest BCUT2D eigenvalue weighted by atomic mass is 9.89. The molecule has 2 unspecified atom stereocenters. The van der Waals surface area contributed by atoms with E-state index in [4.69, 9.17) is 4.74 Å². The monoisotopic (exact) mass is 293 g/mol. The molecule has 2 atom stereocenters. The Labute approximate surface area is 127 Å². The number of carbonyl (C=O) groups excluding carboxylic acids is 1. The Bertz CT molecular complexity index is 434. The van der Waals surface area contributed by atoms with E-state index in [9.17, 15) is 9.90 Å². The number of para-hydroxylation sites is 2. The molecule has 1 amide bonds. The van der Waals surface area contributed by atoms with Crippen LogP contribution in [0.1, 0.15) is 52.9 Å². The van der Waals surface area contributed by atoms with Crippen molar-refractivity contribution in [3.8, 4) is 5.75 Å². The standard InChI is InChI=1S/C14H19NO3.C3H8/c1-10-5-4-6-11(9-10)18-14(17)15-12-7-2-3-8-13(12)16;1-3-2/h2-3,7-8,10-11,16H,4-6,9H2,1H3,(H,15,17);3H2,1-2H3. The Morgan fingerprint density at radius 1 is 1.33 bits per heavy atom. The third-order valence-electron chi connectivity index (χ3n) is 3.30. The number of rotatable bonds is 2. The zero-order chi connectivity index (χ0) is 15.7. The van der Waals surface area contributed by atoms with Crippen LogP contribution in [-0.4, -0.2) is 17.3 Å². The van der Waals surface area contributed by atoms with Crippen LogP contribution < -0.4 is 5.32 Å². The first-order valence-electron chi connectivity index (χ1n) is 7.82. The molecule has 0 aromatic heterocycles. The topological polar surface area (TPSA) is 58.6 Å². The van der Waals surface area contributed by atoms with Gasteiger partial charge in [0.1, 0.15) is 11.9 Å². The molecular weight excluding hydrogens is 266 g/mol. The maximum Gasteiger partial charge on any atom is 0.412 e. The number of hydrogen-bond acceptors (Lipinski definition) is 3. The summed E-state index contributed by atoms with van der Waals surface area (Å²) < 4.78 is 5.36. The molecule has 1 fully saturated rings. The predicted octanol–water partition coefficient (Wildman–Crippen LogP) is 4.94. The van der Waals surface area contributed by atoms with Crippen molar-refractivity contribution < 1.29 is 14.6 Å². The van der Waals surface area contributed by atoms with E-state index >= 15 is 0 Å². The lowest BCUT2D eigenvalue weighted by Crippen LogP contribution is -2.27. The number of ether oxygens (including phenoxy) is 1. The van der Waals surface area contributed by atoms with Gasteiger partial charge in [-0.1, -0.05) is 45.7 Å². The molecule has 0 spiro atoms. The minimum absolute atomic E-state index is 0.000366. The maximum atomic E-state index is 11.7. The van der Waals surface area contributed by atoms with Crippen molar-refractivity contribution in [1.29, 1.82) is 0 Å². The van der Waals surface area contributed by atoms with Crippen molar-refractivity contribution in [3.63, 3.8) is 0 Å². The van der Waals surface area contributed by atoms with Gasteiger partial charge in [0.2, 0.25) is 0 Å². The van der Waals surface area contributed by atoms with Crippen molar-refractivity contribution in [2.24, 2.45) is 5.92 Å². The van der Waals surface area contributed by atoms with Crippen LogP contribution in [0.25, 0.3) is 0 Å². The summed E-state index contributed by atoms with van der Waals surface area (Å²) in [6, 6.07) is 6.62. The molecule has 2 rings (SSSR count). The highest BCUT2D eigenvalue weighted by atomic mass is 16.6. The highest BCUT2D eigenvalue weighted by Gasteiger charge is 2.22. The fraction of sp³-hybridized carbons (Fsp3) is 0.588. The number of anilines is 1. The molecule has 21 heavy (non-hydrogen) atoms. The van der Waals surface area contributed by atoms with Crippen molar-refractivity contribution in [1.82, 2.24) is 0 Å². The molecule has 1 aromatic rings. The second-order valence-electron chi connectivity index (χ2n) is 5.65. The second-order valence-corrected chi connectivity index (χ2v) is 5.65. The molecule has 1 saturated carbocycles. The fourth-order valence-electron chi connectivity index (χ4n) is 2.36. The summed E-state index contributed by atoms with van der Waals surface area (Å²) in [7, 11) is 0. The minimum atomic E-state index is -0.490. The van der Waals surface area contributed by atoms with Crippen molar-refractivity contribution >= 4 is 11.8 Å². The number of aromatic hydroxyl groups is 1. The Kier molecular flexibility index (Phi) is 7.65. The number of nitrogens with one attached hydrogen (secondary N) is 1. The predicted molar refractivity (Wildman–Crippen MR) is 85.6 cm³/mol. The molecule has 2 N–H and O–H groups in total. The summed E-state index contributed by atoms with van der Waals surface area (Å²) in [4.78, 5) is 11.7. The van der Waals surface area contributed by atoms with E-state index in [1.54, 1.807) is 18.2 Å². The third-order valence-corrected chi connectivity index (χ3v) is 3.30. The van der Waals surface area contributed by atoms with Crippen molar-refractivity contribution in [2.75, 3.05) is 5.32 Å². The lowest BCUT2D eigenvalue weighted by Gasteiger charge is -2.26. The molecule has 1 aliphatic rings. The van der Waals surface area contributed by atoms with Crippen LogP contribution in [0.15, 0.2) is 24.3 Å². The number of hydrogen-bond donors (Lipinski definition) is 2. The van der Waals surface area contributed by atoms with Crippen LogP contribution in [0.4, 0.5) is 10.5 Å². The molecule has 1 aliphatic carbocycles. The molecule has 118 valence electrons. The smallest absolute Gasteiger partial charge is 0.412 e. The first-order chi connectivity index (χ1) is 10.1. The average Bonchev–Trinajstić information content (AvgIpc) is 2.42. The number of amides is 1. The van der Waals surface area contributed by atoms with Gasteiger partial charge in [0.05, 0.1) is 5.69 Å². The summed E-state index contributed by atoms with van der Waals surface area (Å²) in [5.41, 5.74) is 0.381. The van der Waals surface area contributed by atoms with Crippen molar-refractivity contribution in [3.05, 3.63) is 24.3 Å². The quantitative estimate of drug-likeness (QED) is 0.760. The number of phenols is 1. The van der Waals surface area contributed by atoms with Crippen LogP contribution in [0.2, 0.25) is 0 Å². The number of phenolic OH excluding ortho intramolecular Hbond substituents is 1. The van der Waals surface area contributed by atoms with Gasteiger partial charge in [-0.3, -0.25) is 5.32 Å². The SMILES string of the molecule is CC1CCCC(OC(=O)Nc2ccccc2O)C1.CCC. The Balaban J connectivity index is 0.000000677. The molecule has 0 heterocycles. The van der Waals surface area contributed by atoms with Crippen LogP contribution >= 0.6 is 0 Å². The van der Waals surface area contributed by atoms with Gasteiger partial charge < -0.3 is 9.84 Å². The summed E-state index contributed by atoms with van der Waals surface area (Å²) in [5, 5.41) is 12.1. The fourth-order valence-corrected chi connectivity index (χ4v) is 2.36. The Morgan fingerprint density at radius 2 is 2.00 bits per heavy atom. The molecular formula is C17H27NO3. The lowest BCUT2D eigenvalue weighted by molar-refractivity contribution is 0.0723. The van der Waals surface area contributed by atoms with E-state index in [0.717, 1.165) is 19.3 Å². The number of benzene rings is 1. The van der Waals surface area contributed by atoms with Gasteiger partial charge >= 0.3 is 6.09 Å². The zero-order valence-corrected chi connectivity index (χ0v) is 13.3. The molecule has 4 heteroatoms. The van der Waals surface area contributed by atoms with Gasteiger partial charge in [0, 0.05) is 0 Å². The van der Waals surface area contributed by atoms with Gasteiger partial charge in [-0.2, -0.15) is 0 Å². The molecule has 0 aliphatic heterocycles. The Morgan fingerprint density at radius 3 is 2.62 bits per heavy atom. The maximum absolute atomic E-state index is 11.7. The van der Waals surface area contributed by atoms with Crippen LogP contribution in [0, 0.1) is 5.92 Å². The highest BCUT2D eigenvalue weighted by molar-refractivity contribution is 5.86. The van der Waals surface area contributed by atoms with Gasteiger partial charge in [0.15, 0.2) is 0 Å². The molecule has 1 aromatic carbocycles. The zero-order valence-electron chi connectivity index (χ0n) is 13.3. The van der Waals surface area contributed by atoms with Gasteiger partial charge in [-0.05, 0) is 37.3 Å². The van der Waals surface area contributed by atoms with Gasteiger partial charge in [-0.25, -0.2) is 4.79 Å². The number of carbonyl (C=O) groups is 1. The van der Waals surface area contributed by atoms with E-state index in [0.29, 0.717) is 11.6 Å². The van der Waals surface area contributed by atoms with Crippen molar-refractivity contribution in [2.45, 2.75) is 59.0 Å². The van der Waals surface area contributed by atoms with Gasteiger partial charge in [-0.15, -0.1) is 0 Å².